The van der Waals surface area contributed by atoms with Gasteiger partial charge < -0.3 is 9.84 Å². The van der Waals surface area contributed by atoms with E-state index in [4.69, 9.17) is 4.74 Å². The zero-order valence-corrected chi connectivity index (χ0v) is 10.5. The van der Waals surface area contributed by atoms with Crippen molar-refractivity contribution in [2.75, 3.05) is 6.61 Å². The SMILES string of the molecule is C=C(C)CC(C(=O)O)C1(C(=O)OCC)CCC1. The summed E-state index contributed by atoms with van der Waals surface area (Å²) >= 11 is 0. The van der Waals surface area contributed by atoms with Crippen LogP contribution in [0.3, 0.4) is 0 Å². The molecule has 1 aliphatic carbocycles. The summed E-state index contributed by atoms with van der Waals surface area (Å²) in [6, 6.07) is 0. The number of allylic oxidation sites excluding steroid dienone is 1. The molecule has 0 aromatic rings. The molecule has 0 radical (unpaired) electrons. The molecule has 1 saturated carbocycles. The minimum Gasteiger partial charge on any atom is -0.481 e. The predicted molar refractivity (Wildman–Crippen MR) is 63.5 cm³/mol. The van der Waals surface area contributed by atoms with E-state index in [-0.39, 0.29) is 5.97 Å². The number of hydrogen-bond donors (Lipinski definition) is 1. The molecule has 96 valence electrons. The van der Waals surface area contributed by atoms with Crippen LogP contribution in [-0.4, -0.2) is 23.7 Å². The lowest BCUT2D eigenvalue weighted by atomic mass is 9.59. The molecular weight excluding hydrogens is 220 g/mol. The molecule has 4 heteroatoms. The van der Waals surface area contributed by atoms with E-state index in [1.807, 2.05) is 0 Å². The summed E-state index contributed by atoms with van der Waals surface area (Å²) in [5.41, 5.74) is -0.0335. The normalized spacial score (nSPS) is 18.9. The van der Waals surface area contributed by atoms with Crippen LogP contribution in [0.1, 0.15) is 39.5 Å². The van der Waals surface area contributed by atoms with Crippen molar-refractivity contribution in [2.24, 2.45) is 11.3 Å². The number of esters is 1. The summed E-state index contributed by atoms with van der Waals surface area (Å²) in [4.78, 5) is 23.3. The Hall–Kier alpha value is -1.32. The molecule has 1 fully saturated rings. The van der Waals surface area contributed by atoms with Crippen molar-refractivity contribution < 1.29 is 19.4 Å². The molecule has 1 atom stereocenters. The Bertz CT molecular complexity index is 328. The Kier molecular flexibility index (Phi) is 4.32. The number of carboxylic acids is 1. The van der Waals surface area contributed by atoms with Crippen molar-refractivity contribution in [3.8, 4) is 0 Å². The smallest absolute Gasteiger partial charge is 0.312 e. The lowest BCUT2D eigenvalue weighted by Crippen LogP contribution is -2.48. The Morgan fingerprint density at radius 3 is 2.35 bits per heavy atom. The Morgan fingerprint density at radius 2 is 2.06 bits per heavy atom. The van der Waals surface area contributed by atoms with Gasteiger partial charge in [0.25, 0.3) is 0 Å². The van der Waals surface area contributed by atoms with Crippen molar-refractivity contribution in [1.29, 1.82) is 0 Å². The van der Waals surface area contributed by atoms with Gasteiger partial charge in [-0.05, 0) is 33.1 Å². The summed E-state index contributed by atoms with van der Waals surface area (Å²) in [6.07, 6.45) is 2.44. The standard InChI is InChI=1S/C13H20O4/c1-4-17-12(16)13(6-5-7-13)10(11(14)15)8-9(2)3/h10H,2,4-8H2,1,3H3,(H,14,15). The topological polar surface area (TPSA) is 63.6 Å². The van der Waals surface area contributed by atoms with Gasteiger partial charge in [0, 0.05) is 0 Å². The zero-order valence-electron chi connectivity index (χ0n) is 10.5. The first kappa shape index (κ1) is 13.7. The van der Waals surface area contributed by atoms with Gasteiger partial charge in [-0.3, -0.25) is 9.59 Å². The van der Waals surface area contributed by atoms with E-state index >= 15 is 0 Å². The molecule has 1 N–H and O–H groups in total. The number of carbonyl (C=O) groups is 2. The van der Waals surface area contributed by atoms with Crippen LogP contribution in [0.25, 0.3) is 0 Å². The Labute approximate surface area is 102 Å². The molecule has 0 aliphatic heterocycles. The number of carboxylic acid groups (broad SMARTS) is 1. The zero-order chi connectivity index (χ0) is 13.1. The third kappa shape index (κ3) is 2.68. The quantitative estimate of drug-likeness (QED) is 0.572. The van der Waals surface area contributed by atoms with Gasteiger partial charge in [-0.1, -0.05) is 12.0 Å². The maximum atomic E-state index is 12.0. The van der Waals surface area contributed by atoms with Crippen LogP contribution in [0.2, 0.25) is 0 Å². The molecule has 0 heterocycles. The van der Waals surface area contributed by atoms with Gasteiger partial charge in [-0.25, -0.2) is 0 Å². The average molecular weight is 240 g/mol. The van der Waals surface area contributed by atoms with Crippen molar-refractivity contribution >= 4 is 11.9 Å². The highest BCUT2D eigenvalue weighted by Crippen LogP contribution is 2.50. The second-order valence-corrected chi connectivity index (χ2v) is 4.78. The fraction of sp³-hybridized carbons (Fsp3) is 0.692. The minimum atomic E-state index is -0.930. The largest absolute Gasteiger partial charge is 0.481 e. The average Bonchev–Trinajstić information content (AvgIpc) is 2.14. The fourth-order valence-electron chi connectivity index (χ4n) is 2.39. The molecule has 0 amide bonds. The molecule has 17 heavy (non-hydrogen) atoms. The van der Waals surface area contributed by atoms with E-state index in [9.17, 15) is 14.7 Å². The first-order chi connectivity index (χ1) is 7.94. The summed E-state index contributed by atoms with van der Waals surface area (Å²) in [6.45, 7) is 7.55. The second-order valence-electron chi connectivity index (χ2n) is 4.78. The van der Waals surface area contributed by atoms with E-state index in [0.29, 0.717) is 25.9 Å². The predicted octanol–water partition coefficient (Wildman–Crippen LogP) is 2.39. The monoisotopic (exact) mass is 240 g/mol. The highest BCUT2D eigenvalue weighted by Gasteiger charge is 2.54. The fourth-order valence-corrected chi connectivity index (χ4v) is 2.39. The van der Waals surface area contributed by atoms with Crippen molar-refractivity contribution in [1.82, 2.24) is 0 Å². The van der Waals surface area contributed by atoms with Gasteiger partial charge in [0.15, 0.2) is 0 Å². The molecule has 0 saturated heterocycles. The summed E-state index contributed by atoms with van der Waals surface area (Å²) in [7, 11) is 0. The highest BCUT2D eigenvalue weighted by molar-refractivity contribution is 5.85. The molecular formula is C13H20O4. The lowest BCUT2D eigenvalue weighted by Gasteiger charge is -2.43. The van der Waals surface area contributed by atoms with Gasteiger partial charge in [0.1, 0.15) is 0 Å². The van der Waals surface area contributed by atoms with Crippen molar-refractivity contribution in [3.63, 3.8) is 0 Å². The van der Waals surface area contributed by atoms with Gasteiger partial charge >= 0.3 is 11.9 Å². The first-order valence-electron chi connectivity index (χ1n) is 5.98. The van der Waals surface area contributed by atoms with Crippen LogP contribution in [0.15, 0.2) is 12.2 Å². The number of hydrogen-bond acceptors (Lipinski definition) is 3. The highest BCUT2D eigenvalue weighted by atomic mass is 16.5. The van der Waals surface area contributed by atoms with Gasteiger partial charge in [0.05, 0.1) is 17.9 Å². The molecule has 1 aliphatic rings. The third-order valence-electron chi connectivity index (χ3n) is 3.45. The van der Waals surface area contributed by atoms with E-state index in [1.165, 1.54) is 0 Å². The second kappa shape index (κ2) is 5.34. The minimum absolute atomic E-state index is 0.292. The van der Waals surface area contributed by atoms with Gasteiger partial charge in [-0.15, -0.1) is 6.58 Å². The van der Waals surface area contributed by atoms with E-state index < -0.39 is 17.3 Å². The summed E-state index contributed by atoms with van der Waals surface area (Å²) in [5.74, 6) is -1.99. The van der Waals surface area contributed by atoms with Crippen molar-refractivity contribution in [3.05, 3.63) is 12.2 Å². The van der Waals surface area contributed by atoms with Crippen LogP contribution < -0.4 is 0 Å². The number of aliphatic carboxylic acids is 1. The maximum Gasteiger partial charge on any atom is 0.312 e. The summed E-state index contributed by atoms with van der Waals surface area (Å²) in [5, 5.41) is 9.29. The molecule has 4 nitrogen and oxygen atoms in total. The molecule has 0 aromatic heterocycles. The molecule has 0 aromatic carbocycles. The van der Waals surface area contributed by atoms with Crippen LogP contribution in [0, 0.1) is 11.3 Å². The van der Waals surface area contributed by atoms with Crippen LogP contribution in [0.4, 0.5) is 0 Å². The molecule has 0 bridgehead atoms. The van der Waals surface area contributed by atoms with E-state index in [0.717, 1.165) is 12.0 Å². The number of rotatable bonds is 6. The first-order valence-corrected chi connectivity index (χ1v) is 5.98. The van der Waals surface area contributed by atoms with Crippen LogP contribution >= 0.6 is 0 Å². The van der Waals surface area contributed by atoms with Gasteiger partial charge in [-0.2, -0.15) is 0 Å². The third-order valence-corrected chi connectivity index (χ3v) is 3.45. The van der Waals surface area contributed by atoms with Crippen molar-refractivity contribution in [2.45, 2.75) is 39.5 Å². The number of ether oxygens (including phenoxy) is 1. The Morgan fingerprint density at radius 1 is 1.47 bits per heavy atom. The Balaban J connectivity index is 2.91. The molecule has 0 spiro atoms. The molecule has 1 unspecified atom stereocenters. The van der Waals surface area contributed by atoms with E-state index in [1.54, 1.807) is 13.8 Å². The van der Waals surface area contributed by atoms with Crippen LogP contribution in [-0.2, 0) is 14.3 Å². The van der Waals surface area contributed by atoms with Gasteiger partial charge in [0.2, 0.25) is 0 Å². The maximum absolute atomic E-state index is 12.0. The number of carbonyl (C=O) groups excluding carboxylic acids is 1. The lowest BCUT2D eigenvalue weighted by molar-refractivity contribution is -0.174. The summed E-state index contributed by atoms with van der Waals surface area (Å²) < 4.78 is 5.03. The van der Waals surface area contributed by atoms with E-state index in [2.05, 4.69) is 6.58 Å². The van der Waals surface area contributed by atoms with Crippen LogP contribution in [0.5, 0.6) is 0 Å². The molecule has 1 rings (SSSR count).